The Labute approximate surface area is 250 Å². The number of benzene rings is 2. The van der Waals surface area contributed by atoms with Gasteiger partial charge in [-0.1, -0.05) is 23.7 Å². The van der Waals surface area contributed by atoms with Crippen molar-refractivity contribution in [2.75, 3.05) is 20.6 Å². The summed E-state index contributed by atoms with van der Waals surface area (Å²) in [5, 5.41) is 13.5. The highest BCUT2D eigenvalue weighted by Gasteiger charge is 2.65. The summed E-state index contributed by atoms with van der Waals surface area (Å²) < 4.78 is 58.7. The largest absolute Gasteiger partial charge is 0.478 e. The minimum Gasteiger partial charge on any atom is -0.478 e. The van der Waals surface area contributed by atoms with Crippen LogP contribution >= 0.6 is 11.6 Å². The summed E-state index contributed by atoms with van der Waals surface area (Å²) in [6.07, 6.45) is -3.25. The lowest BCUT2D eigenvalue weighted by Gasteiger charge is -2.24. The van der Waals surface area contributed by atoms with E-state index in [0.29, 0.717) is 37.1 Å². The van der Waals surface area contributed by atoms with Crippen molar-refractivity contribution in [2.45, 2.75) is 56.5 Å². The Bertz CT molecular complexity index is 1610. The van der Waals surface area contributed by atoms with Crippen LogP contribution in [0.15, 0.2) is 36.4 Å². The Morgan fingerprint density at radius 3 is 2.49 bits per heavy atom. The van der Waals surface area contributed by atoms with E-state index in [-0.39, 0.29) is 64.4 Å². The number of carboxylic acid groups (broad SMARTS) is 1. The van der Waals surface area contributed by atoms with Gasteiger partial charge in [0, 0.05) is 23.5 Å². The number of carbonyl (C=O) groups is 3. The lowest BCUT2D eigenvalue weighted by atomic mass is 9.82. The molecule has 0 saturated heterocycles. The van der Waals surface area contributed by atoms with E-state index >= 15 is 4.39 Å². The fraction of sp³-hybridized carbons (Fsp3) is 0.419. The summed E-state index contributed by atoms with van der Waals surface area (Å²) in [5.74, 6) is -3.57. The molecule has 7 nitrogen and oxygen atoms in total. The number of rotatable bonds is 9. The molecule has 2 aliphatic rings. The van der Waals surface area contributed by atoms with Gasteiger partial charge in [-0.25, -0.2) is 9.18 Å². The van der Waals surface area contributed by atoms with Crippen molar-refractivity contribution in [1.82, 2.24) is 14.7 Å². The number of nitrogens with zero attached hydrogens (tertiary/aromatic N) is 3. The molecule has 1 saturated carbocycles. The van der Waals surface area contributed by atoms with Crippen LogP contribution in [0.25, 0.3) is 11.3 Å². The van der Waals surface area contributed by atoms with Crippen molar-refractivity contribution in [2.24, 2.45) is 5.92 Å². The number of ketones is 1. The molecule has 1 atom stereocenters. The van der Waals surface area contributed by atoms with Gasteiger partial charge in [0.05, 0.1) is 33.0 Å². The molecule has 0 spiro atoms. The minimum atomic E-state index is -4.61. The Morgan fingerprint density at radius 1 is 1.16 bits per heavy atom. The zero-order valence-electron chi connectivity index (χ0n) is 23.6. The first-order chi connectivity index (χ1) is 20.2. The van der Waals surface area contributed by atoms with Gasteiger partial charge in [-0.3, -0.25) is 9.59 Å². The summed E-state index contributed by atoms with van der Waals surface area (Å²) in [7, 11) is 3.80. The van der Waals surface area contributed by atoms with Crippen LogP contribution in [0.4, 0.5) is 17.6 Å². The maximum atomic E-state index is 15.2. The number of aromatic nitrogens is 2. The Morgan fingerprint density at radius 2 is 1.88 bits per heavy atom. The minimum absolute atomic E-state index is 0.00122. The highest BCUT2D eigenvalue weighted by Crippen LogP contribution is 2.60. The molecule has 12 heteroatoms. The summed E-state index contributed by atoms with van der Waals surface area (Å²) >= 11 is 6.40. The van der Waals surface area contributed by atoms with Crippen LogP contribution in [0, 0.1) is 11.7 Å². The van der Waals surface area contributed by atoms with Crippen LogP contribution in [-0.4, -0.2) is 64.3 Å². The number of hydrogen-bond acceptors (Lipinski definition) is 5. The number of carbonyl (C=O) groups excluding carboxylic acids is 2. The first kappa shape index (κ1) is 30.9. The second-order valence-electron chi connectivity index (χ2n) is 11.5. The summed E-state index contributed by atoms with van der Waals surface area (Å²) in [4.78, 5) is 40.6. The quantitative estimate of drug-likeness (QED) is 0.281. The molecule has 0 bridgehead atoms. The number of carboxylic acids is 1. The SMILES string of the molecule is CN(C)CCCC(=O)C1CCc2c(-c3ccc(C(=O)O)cc3F)nn(C(=O)c3c(Cl)cccc3C3(C(F)(F)F)CC3)c2C1. The molecule has 5 rings (SSSR count). The molecule has 2 aliphatic carbocycles. The molecule has 43 heavy (non-hydrogen) atoms. The molecule has 2 aromatic carbocycles. The summed E-state index contributed by atoms with van der Waals surface area (Å²) in [5.41, 5.74) is -2.26. The smallest absolute Gasteiger partial charge is 0.398 e. The van der Waals surface area contributed by atoms with Gasteiger partial charge in [-0.2, -0.15) is 23.0 Å². The van der Waals surface area contributed by atoms with Gasteiger partial charge in [0.2, 0.25) is 0 Å². The van der Waals surface area contributed by atoms with Crippen LogP contribution in [-0.2, 0) is 23.1 Å². The Hall–Kier alpha value is -3.57. The standard InChI is InChI=1S/C31H30ClF4N3O4/c1-38(2)14-4-7-25(40)17-8-11-20-24(16-17)39(37-27(20)19-10-9-18(29(42)43)15-23(19)33)28(41)26-21(5-3-6-22(26)32)30(12-13-30)31(34,35)36/h3,5-6,9-10,15,17H,4,7-8,11-14,16H2,1-2H3,(H,42,43). The molecule has 1 aromatic heterocycles. The van der Waals surface area contributed by atoms with Crippen LogP contribution in [0.2, 0.25) is 5.02 Å². The molecule has 1 heterocycles. The van der Waals surface area contributed by atoms with E-state index in [4.69, 9.17) is 11.6 Å². The number of aromatic carboxylic acids is 1. The summed E-state index contributed by atoms with van der Waals surface area (Å²) in [6, 6.07) is 7.25. The molecule has 1 N–H and O–H groups in total. The van der Waals surface area contributed by atoms with Crippen molar-refractivity contribution in [3.63, 3.8) is 0 Å². The number of fused-ring (bicyclic) bond motifs is 1. The Kier molecular flexibility index (Phi) is 8.26. The van der Waals surface area contributed by atoms with E-state index in [2.05, 4.69) is 5.10 Å². The van der Waals surface area contributed by atoms with Gasteiger partial charge in [-0.05, 0) is 89.0 Å². The van der Waals surface area contributed by atoms with Crippen molar-refractivity contribution in [1.29, 1.82) is 0 Å². The maximum Gasteiger partial charge on any atom is 0.398 e. The lowest BCUT2D eigenvalue weighted by Crippen LogP contribution is -2.32. The van der Waals surface area contributed by atoms with Crippen LogP contribution in [0.1, 0.15) is 69.6 Å². The molecule has 1 unspecified atom stereocenters. The molecule has 1 fully saturated rings. The average molecular weight is 620 g/mol. The molecule has 0 aliphatic heterocycles. The number of alkyl halides is 3. The van der Waals surface area contributed by atoms with E-state index in [1.165, 1.54) is 30.3 Å². The van der Waals surface area contributed by atoms with Gasteiger partial charge in [-0.15, -0.1) is 0 Å². The zero-order valence-corrected chi connectivity index (χ0v) is 24.4. The third kappa shape index (κ3) is 5.72. The third-order valence-corrected chi connectivity index (χ3v) is 8.77. The number of Topliss-reactive ketones (excluding diaryl/α,β-unsaturated/α-hetero) is 1. The number of hydrogen-bond donors (Lipinski definition) is 1. The van der Waals surface area contributed by atoms with E-state index in [0.717, 1.165) is 10.7 Å². The topological polar surface area (TPSA) is 92.5 Å². The normalized spacial score (nSPS) is 17.5. The molecule has 228 valence electrons. The predicted molar refractivity (Wildman–Crippen MR) is 151 cm³/mol. The maximum absolute atomic E-state index is 15.2. The van der Waals surface area contributed by atoms with Gasteiger partial charge in [0.25, 0.3) is 5.91 Å². The molecule has 3 aromatic rings. The van der Waals surface area contributed by atoms with E-state index < -0.39 is 35.2 Å². The van der Waals surface area contributed by atoms with Crippen LogP contribution in [0.5, 0.6) is 0 Å². The van der Waals surface area contributed by atoms with Gasteiger partial charge >= 0.3 is 12.1 Å². The average Bonchev–Trinajstić information content (AvgIpc) is 3.68. The van der Waals surface area contributed by atoms with Gasteiger partial charge in [0.15, 0.2) is 0 Å². The zero-order chi connectivity index (χ0) is 31.3. The summed E-state index contributed by atoms with van der Waals surface area (Å²) in [6.45, 7) is 0.714. The van der Waals surface area contributed by atoms with Crippen molar-refractivity contribution in [3.8, 4) is 11.3 Å². The van der Waals surface area contributed by atoms with Crippen LogP contribution in [0.3, 0.4) is 0 Å². The molecular formula is C31H30ClF4N3O4. The van der Waals surface area contributed by atoms with Gasteiger partial charge < -0.3 is 10.0 Å². The second-order valence-corrected chi connectivity index (χ2v) is 12.0. The highest BCUT2D eigenvalue weighted by molar-refractivity contribution is 6.34. The first-order valence-electron chi connectivity index (χ1n) is 14.0. The van der Waals surface area contributed by atoms with E-state index in [1.54, 1.807) is 0 Å². The molecule has 0 radical (unpaired) electrons. The Balaban J connectivity index is 1.61. The second kappa shape index (κ2) is 11.5. The lowest BCUT2D eigenvalue weighted by molar-refractivity contribution is -0.160. The van der Waals surface area contributed by atoms with Crippen molar-refractivity contribution >= 4 is 29.3 Å². The van der Waals surface area contributed by atoms with Crippen molar-refractivity contribution in [3.05, 3.63) is 75.2 Å². The van der Waals surface area contributed by atoms with E-state index in [9.17, 15) is 32.7 Å². The predicted octanol–water partition coefficient (Wildman–Crippen LogP) is 6.34. The van der Waals surface area contributed by atoms with E-state index in [1.807, 2.05) is 19.0 Å². The van der Waals surface area contributed by atoms with Gasteiger partial charge in [0.1, 0.15) is 11.6 Å². The molecule has 0 amide bonds. The molecular weight excluding hydrogens is 590 g/mol. The highest BCUT2D eigenvalue weighted by atomic mass is 35.5. The first-order valence-corrected chi connectivity index (χ1v) is 14.3. The number of halogens is 5. The van der Waals surface area contributed by atoms with Crippen LogP contribution < -0.4 is 0 Å². The monoisotopic (exact) mass is 619 g/mol. The fourth-order valence-electron chi connectivity index (χ4n) is 5.96. The van der Waals surface area contributed by atoms with Crippen molar-refractivity contribution < 1.29 is 37.1 Å². The third-order valence-electron chi connectivity index (χ3n) is 8.46. The fourth-order valence-corrected chi connectivity index (χ4v) is 6.22.